The van der Waals surface area contributed by atoms with E-state index >= 15 is 0 Å². The molecule has 2 rings (SSSR count). The van der Waals surface area contributed by atoms with Crippen LogP contribution in [0.4, 0.5) is 5.69 Å². The Hall–Kier alpha value is -1.42. The van der Waals surface area contributed by atoms with Crippen molar-refractivity contribution in [2.45, 2.75) is 19.4 Å². The highest BCUT2D eigenvalue weighted by atomic mass is 16.5. The van der Waals surface area contributed by atoms with Crippen molar-refractivity contribution in [2.24, 2.45) is 0 Å². The number of piperazine rings is 1. The minimum atomic E-state index is 0.133. The predicted octanol–water partition coefficient (Wildman–Crippen LogP) is 1.89. The summed E-state index contributed by atoms with van der Waals surface area (Å²) in [4.78, 5) is 2.36. The lowest BCUT2D eigenvalue weighted by Crippen LogP contribution is -2.57. The van der Waals surface area contributed by atoms with E-state index in [9.17, 15) is 0 Å². The van der Waals surface area contributed by atoms with Gasteiger partial charge in [0.15, 0.2) is 0 Å². The molecule has 0 radical (unpaired) electrons. The molecule has 0 spiro atoms. The zero-order chi connectivity index (χ0) is 13.2. The number of nitrogens with one attached hydrogen (secondary N) is 1. The Morgan fingerprint density at radius 2 is 1.72 bits per heavy atom. The summed E-state index contributed by atoms with van der Waals surface area (Å²) in [7, 11) is 3.36. The Bertz CT molecular complexity index is 396. The highest BCUT2D eigenvalue weighted by Crippen LogP contribution is 2.29. The fourth-order valence-electron chi connectivity index (χ4n) is 2.34. The summed E-state index contributed by atoms with van der Waals surface area (Å²) in [5.41, 5.74) is 1.29. The van der Waals surface area contributed by atoms with Gasteiger partial charge in [-0.05, 0) is 13.8 Å². The van der Waals surface area contributed by atoms with Crippen molar-refractivity contribution in [2.75, 3.05) is 38.8 Å². The van der Waals surface area contributed by atoms with Gasteiger partial charge in [0.05, 0.1) is 14.2 Å². The lowest BCUT2D eigenvalue weighted by molar-refractivity contribution is 0.351. The summed E-state index contributed by atoms with van der Waals surface area (Å²) in [6, 6.07) is 6.02. The first-order valence-corrected chi connectivity index (χ1v) is 6.27. The second kappa shape index (κ2) is 5.06. The third kappa shape index (κ3) is 2.88. The zero-order valence-corrected chi connectivity index (χ0v) is 11.6. The molecule has 0 saturated carbocycles. The molecule has 1 aliphatic rings. The number of anilines is 1. The molecule has 1 saturated heterocycles. The van der Waals surface area contributed by atoms with Gasteiger partial charge in [-0.1, -0.05) is 0 Å². The third-order valence-corrected chi connectivity index (χ3v) is 3.27. The second-order valence-corrected chi connectivity index (χ2v) is 5.30. The minimum Gasteiger partial charge on any atom is -0.497 e. The van der Waals surface area contributed by atoms with Gasteiger partial charge in [0.2, 0.25) is 0 Å². The molecule has 0 atom stereocenters. The van der Waals surface area contributed by atoms with Crippen LogP contribution < -0.4 is 19.7 Å². The van der Waals surface area contributed by atoms with Gasteiger partial charge in [-0.15, -0.1) is 0 Å². The summed E-state index contributed by atoms with van der Waals surface area (Å²) >= 11 is 0. The Morgan fingerprint density at radius 1 is 1.11 bits per heavy atom. The van der Waals surface area contributed by atoms with E-state index in [1.165, 1.54) is 0 Å². The largest absolute Gasteiger partial charge is 0.497 e. The van der Waals surface area contributed by atoms with Crippen LogP contribution in [0.1, 0.15) is 13.8 Å². The molecule has 1 N–H and O–H groups in total. The van der Waals surface area contributed by atoms with Gasteiger partial charge in [-0.2, -0.15) is 0 Å². The van der Waals surface area contributed by atoms with E-state index in [2.05, 4.69) is 36.2 Å². The van der Waals surface area contributed by atoms with Crippen molar-refractivity contribution >= 4 is 5.69 Å². The number of ether oxygens (including phenoxy) is 2. The summed E-state index contributed by atoms with van der Waals surface area (Å²) in [5, 5.41) is 3.51. The molecule has 100 valence electrons. The van der Waals surface area contributed by atoms with Crippen LogP contribution >= 0.6 is 0 Å². The number of hydrogen-bond donors (Lipinski definition) is 1. The van der Waals surface area contributed by atoms with Crippen LogP contribution in [0.2, 0.25) is 0 Å². The molecule has 1 aliphatic heterocycles. The van der Waals surface area contributed by atoms with Crippen LogP contribution in [0.3, 0.4) is 0 Å². The van der Waals surface area contributed by atoms with Crippen LogP contribution in [0.15, 0.2) is 18.2 Å². The highest BCUT2D eigenvalue weighted by molar-refractivity contribution is 5.56. The summed E-state index contributed by atoms with van der Waals surface area (Å²) in [5.74, 6) is 1.67. The van der Waals surface area contributed by atoms with E-state index in [0.29, 0.717) is 0 Å². The van der Waals surface area contributed by atoms with E-state index < -0.39 is 0 Å². The van der Waals surface area contributed by atoms with Crippen molar-refractivity contribution in [3.63, 3.8) is 0 Å². The van der Waals surface area contributed by atoms with Crippen LogP contribution in [0, 0.1) is 0 Å². The van der Waals surface area contributed by atoms with Crippen LogP contribution in [0.5, 0.6) is 11.5 Å². The maximum absolute atomic E-state index is 5.32. The van der Waals surface area contributed by atoms with Gasteiger partial charge in [0.25, 0.3) is 0 Å². The van der Waals surface area contributed by atoms with E-state index in [0.717, 1.165) is 36.8 Å². The third-order valence-electron chi connectivity index (χ3n) is 3.27. The smallest absolute Gasteiger partial charge is 0.124 e. The Morgan fingerprint density at radius 3 is 2.22 bits per heavy atom. The van der Waals surface area contributed by atoms with Gasteiger partial charge >= 0.3 is 0 Å². The van der Waals surface area contributed by atoms with Crippen molar-refractivity contribution in [1.82, 2.24) is 5.32 Å². The van der Waals surface area contributed by atoms with Crippen molar-refractivity contribution in [1.29, 1.82) is 0 Å². The molecule has 4 heteroatoms. The molecule has 1 aromatic rings. The lowest BCUT2D eigenvalue weighted by atomic mass is 10.0. The predicted molar refractivity (Wildman–Crippen MR) is 73.8 cm³/mol. The molecule has 0 aromatic heterocycles. The highest BCUT2D eigenvalue weighted by Gasteiger charge is 2.26. The SMILES string of the molecule is COc1cc(OC)cc(N2CCNC(C)(C)C2)c1. The number of nitrogens with zero attached hydrogens (tertiary/aromatic N) is 1. The standard InChI is InChI=1S/C14H22N2O2/c1-14(2)10-16(6-5-15-14)11-7-12(17-3)9-13(8-11)18-4/h7-9,15H,5-6,10H2,1-4H3. The Kier molecular flexibility index (Phi) is 3.66. The average Bonchev–Trinajstić information content (AvgIpc) is 2.37. The molecule has 18 heavy (non-hydrogen) atoms. The molecule has 1 aromatic carbocycles. The van der Waals surface area contributed by atoms with Gasteiger partial charge in [-0.3, -0.25) is 0 Å². The molecule has 1 fully saturated rings. The molecule has 0 unspecified atom stereocenters. The van der Waals surface area contributed by atoms with Gasteiger partial charge in [0.1, 0.15) is 11.5 Å². The van der Waals surface area contributed by atoms with Crippen molar-refractivity contribution in [3.05, 3.63) is 18.2 Å². The number of methoxy groups -OCH3 is 2. The molecule has 0 aliphatic carbocycles. The second-order valence-electron chi connectivity index (χ2n) is 5.30. The van der Waals surface area contributed by atoms with Crippen molar-refractivity contribution < 1.29 is 9.47 Å². The summed E-state index contributed by atoms with van der Waals surface area (Å²) < 4.78 is 10.6. The molecular weight excluding hydrogens is 228 g/mol. The van der Waals surface area contributed by atoms with Gasteiger partial charge in [-0.25, -0.2) is 0 Å². The molecule has 4 nitrogen and oxygen atoms in total. The van der Waals surface area contributed by atoms with E-state index in [-0.39, 0.29) is 5.54 Å². The lowest BCUT2D eigenvalue weighted by Gasteiger charge is -2.40. The quantitative estimate of drug-likeness (QED) is 0.888. The van der Waals surface area contributed by atoms with E-state index in [1.807, 2.05) is 6.07 Å². The fourth-order valence-corrected chi connectivity index (χ4v) is 2.34. The zero-order valence-electron chi connectivity index (χ0n) is 11.6. The van der Waals surface area contributed by atoms with Crippen LogP contribution in [-0.2, 0) is 0 Å². The number of hydrogen-bond acceptors (Lipinski definition) is 4. The fraction of sp³-hybridized carbons (Fsp3) is 0.571. The Labute approximate surface area is 109 Å². The maximum Gasteiger partial charge on any atom is 0.124 e. The average molecular weight is 250 g/mol. The van der Waals surface area contributed by atoms with E-state index in [1.54, 1.807) is 14.2 Å². The monoisotopic (exact) mass is 250 g/mol. The van der Waals surface area contributed by atoms with E-state index in [4.69, 9.17) is 9.47 Å². The summed E-state index contributed by atoms with van der Waals surface area (Å²) in [6.45, 7) is 7.41. The first-order chi connectivity index (χ1) is 8.54. The molecule has 0 amide bonds. The van der Waals surface area contributed by atoms with Crippen LogP contribution in [-0.4, -0.2) is 39.4 Å². The minimum absolute atomic E-state index is 0.133. The van der Waals surface area contributed by atoms with Gasteiger partial charge in [0, 0.05) is 49.1 Å². The normalized spacial score (nSPS) is 18.6. The van der Waals surface area contributed by atoms with Crippen molar-refractivity contribution in [3.8, 4) is 11.5 Å². The topological polar surface area (TPSA) is 33.7 Å². The molecular formula is C14H22N2O2. The van der Waals surface area contributed by atoms with Gasteiger partial charge < -0.3 is 19.7 Å². The molecule has 0 bridgehead atoms. The first-order valence-electron chi connectivity index (χ1n) is 6.27. The first kappa shape index (κ1) is 13.0. The van der Waals surface area contributed by atoms with Crippen LogP contribution in [0.25, 0.3) is 0 Å². The molecule has 1 heterocycles. The number of benzene rings is 1. The Balaban J connectivity index is 2.26. The maximum atomic E-state index is 5.32. The summed E-state index contributed by atoms with van der Waals surface area (Å²) in [6.07, 6.45) is 0. The number of rotatable bonds is 3.